The summed E-state index contributed by atoms with van der Waals surface area (Å²) < 4.78 is 0. The van der Waals surface area contributed by atoms with Crippen molar-refractivity contribution in [3.8, 4) is 6.07 Å². The molecule has 0 saturated heterocycles. The van der Waals surface area contributed by atoms with Gasteiger partial charge in [0.25, 0.3) is 0 Å². The van der Waals surface area contributed by atoms with Crippen LogP contribution in [0.3, 0.4) is 0 Å². The number of nitrogens with zero attached hydrogens (tertiary/aromatic N) is 2. The van der Waals surface area contributed by atoms with Crippen LogP contribution in [0.5, 0.6) is 0 Å². The Morgan fingerprint density at radius 1 is 1.39 bits per heavy atom. The normalized spacial score (nSPS) is 36.9. The van der Waals surface area contributed by atoms with Crippen LogP contribution in [0.1, 0.15) is 22.8 Å². The van der Waals surface area contributed by atoms with Crippen molar-refractivity contribution in [1.82, 2.24) is 0 Å². The third-order valence-corrected chi connectivity index (χ3v) is 3.73. The van der Waals surface area contributed by atoms with Gasteiger partial charge in [-0.3, -0.25) is 9.79 Å². The van der Waals surface area contributed by atoms with E-state index in [1.165, 1.54) is 13.0 Å². The van der Waals surface area contributed by atoms with Gasteiger partial charge in [-0.05, 0) is 6.92 Å². The monoisotopic (exact) mass is 242 g/mol. The second-order valence-corrected chi connectivity index (χ2v) is 4.63. The standard InChI is InChI=1S/C13H10N2O3/c1-7-10(6-14)12(17)11(16)8-4-2-3-5-9(8)13(12,18)15-7/h2-5,10,17-18H,1H3/t10?,12-,13-/m0/s1. The molecule has 1 heterocycles. The quantitative estimate of drug-likeness (QED) is 0.687. The van der Waals surface area contributed by atoms with Gasteiger partial charge in [-0.2, -0.15) is 5.26 Å². The first-order valence-electron chi connectivity index (χ1n) is 5.52. The van der Waals surface area contributed by atoms with Crippen LogP contribution in [0.25, 0.3) is 0 Å². The number of aliphatic hydroxyl groups is 2. The van der Waals surface area contributed by atoms with E-state index in [1.807, 2.05) is 6.07 Å². The van der Waals surface area contributed by atoms with Crippen LogP contribution in [0.4, 0.5) is 0 Å². The maximum atomic E-state index is 12.3. The molecular weight excluding hydrogens is 232 g/mol. The van der Waals surface area contributed by atoms with E-state index < -0.39 is 23.0 Å². The van der Waals surface area contributed by atoms with E-state index in [9.17, 15) is 15.0 Å². The minimum atomic E-state index is -2.20. The molecule has 0 saturated carbocycles. The Kier molecular flexibility index (Phi) is 1.88. The van der Waals surface area contributed by atoms with Crippen molar-refractivity contribution in [1.29, 1.82) is 5.26 Å². The number of rotatable bonds is 0. The molecule has 3 atom stereocenters. The van der Waals surface area contributed by atoms with Gasteiger partial charge < -0.3 is 10.2 Å². The maximum absolute atomic E-state index is 12.3. The maximum Gasteiger partial charge on any atom is 0.221 e. The number of ketones is 1. The molecule has 0 spiro atoms. The molecule has 1 aliphatic heterocycles. The minimum absolute atomic E-state index is 0.221. The van der Waals surface area contributed by atoms with Crippen LogP contribution < -0.4 is 0 Å². The highest BCUT2D eigenvalue weighted by atomic mass is 16.4. The SMILES string of the molecule is CC1=N[C@]2(O)c3ccccc3C(=O)[C@@]2(O)C1C#N. The number of carbonyl (C=O) groups excluding carboxylic acids is 1. The lowest BCUT2D eigenvalue weighted by atomic mass is 9.80. The molecule has 3 rings (SSSR count). The topological polar surface area (TPSA) is 93.7 Å². The van der Waals surface area contributed by atoms with Gasteiger partial charge in [-0.1, -0.05) is 24.3 Å². The lowest BCUT2D eigenvalue weighted by Gasteiger charge is -2.29. The average Bonchev–Trinajstić information content (AvgIpc) is 2.65. The average molecular weight is 242 g/mol. The third-order valence-electron chi connectivity index (χ3n) is 3.73. The number of nitriles is 1. The van der Waals surface area contributed by atoms with Gasteiger partial charge in [0, 0.05) is 16.8 Å². The third kappa shape index (κ3) is 0.905. The molecule has 0 radical (unpaired) electrons. The highest BCUT2D eigenvalue weighted by Crippen LogP contribution is 2.52. The lowest BCUT2D eigenvalue weighted by molar-refractivity contribution is -0.114. The predicted octanol–water partition coefficient (Wildman–Crippen LogP) is 0.373. The fraction of sp³-hybridized carbons (Fsp3) is 0.308. The Hall–Kier alpha value is -2.03. The summed E-state index contributed by atoms with van der Waals surface area (Å²) in [6.45, 7) is 1.53. The molecular formula is C13H10N2O3. The summed E-state index contributed by atoms with van der Waals surface area (Å²) >= 11 is 0. The molecule has 2 N–H and O–H groups in total. The van der Waals surface area contributed by atoms with Crippen LogP contribution >= 0.6 is 0 Å². The molecule has 1 unspecified atom stereocenters. The van der Waals surface area contributed by atoms with Crippen LogP contribution in [-0.4, -0.2) is 27.3 Å². The summed E-state index contributed by atoms with van der Waals surface area (Å²) in [5.41, 5.74) is -3.49. The second kappa shape index (κ2) is 3.05. The van der Waals surface area contributed by atoms with E-state index in [-0.39, 0.29) is 16.8 Å². The molecule has 0 fully saturated rings. The number of benzene rings is 1. The highest BCUT2D eigenvalue weighted by molar-refractivity contribution is 6.14. The molecule has 0 aromatic heterocycles. The molecule has 5 nitrogen and oxygen atoms in total. The molecule has 90 valence electrons. The number of aliphatic imine (C=N–C) groups is 1. The Labute approximate surface area is 103 Å². The predicted molar refractivity (Wildman–Crippen MR) is 61.8 cm³/mol. The van der Waals surface area contributed by atoms with Gasteiger partial charge >= 0.3 is 0 Å². The first-order valence-corrected chi connectivity index (χ1v) is 5.52. The molecule has 0 amide bonds. The minimum Gasteiger partial charge on any atom is -0.375 e. The number of hydrogen-bond donors (Lipinski definition) is 2. The van der Waals surface area contributed by atoms with Crippen molar-refractivity contribution in [2.24, 2.45) is 10.9 Å². The molecule has 0 bridgehead atoms. The zero-order chi connectivity index (χ0) is 13.1. The van der Waals surface area contributed by atoms with E-state index >= 15 is 0 Å². The van der Waals surface area contributed by atoms with Crippen molar-refractivity contribution < 1.29 is 15.0 Å². The van der Waals surface area contributed by atoms with Crippen LogP contribution in [-0.2, 0) is 5.72 Å². The number of carbonyl (C=O) groups is 1. The van der Waals surface area contributed by atoms with Crippen molar-refractivity contribution >= 4 is 11.5 Å². The zero-order valence-electron chi connectivity index (χ0n) is 9.58. The first-order chi connectivity index (χ1) is 8.46. The van der Waals surface area contributed by atoms with Gasteiger partial charge in [0.1, 0.15) is 5.92 Å². The van der Waals surface area contributed by atoms with Crippen LogP contribution in [0, 0.1) is 17.2 Å². The van der Waals surface area contributed by atoms with E-state index in [4.69, 9.17) is 5.26 Å². The smallest absolute Gasteiger partial charge is 0.221 e. The fourth-order valence-electron chi connectivity index (χ4n) is 2.84. The summed E-state index contributed by atoms with van der Waals surface area (Å²) in [5, 5.41) is 30.3. The van der Waals surface area contributed by atoms with E-state index in [0.717, 1.165) is 0 Å². The van der Waals surface area contributed by atoms with Crippen molar-refractivity contribution in [2.75, 3.05) is 0 Å². The number of Topliss-reactive ketones (excluding diaryl/α,β-unsaturated/α-hetero) is 1. The van der Waals surface area contributed by atoms with Crippen molar-refractivity contribution in [2.45, 2.75) is 18.2 Å². The summed E-state index contributed by atoms with van der Waals surface area (Å²) in [7, 11) is 0. The molecule has 2 aliphatic rings. The largest absolute Gasteiger partial charge is 0.375 e. The fourth-order valence-corrected chi connectivity index (χ4v) is 2.84. The second-order valence-electron chi connectivity index (χ2n) is 4.63. The molecule has 18 heavy (non-hydrogen) atoms. The number of fused-ring (bicyclic) bond motifs is 3. The van der Waals surface area contributed by atoms with Crippen LogP contribution in [0.15, 0.2) is 29.3 Å². The molecule has 1 aliphatic carbocycles. The Morgan fingerprint density at radius 2 is 2.06 bits per heavy atom. The van der Waals surface area contributed by atoms with Crippen molar-refractivity contribution in [3.05, 3.63) is 35.4 Å². The summed E-state index contributed by atoms with van der Waals surface area (Å²) in [4.78, 5) is 16.3. The molecule has 1 aromatic carbocycles. The molecule has 5 heteroatoms. The van der Waals surface area contributed by atoms with Crippen LogP contribution in [0.2, 0.25) is 0 Å². The highest BCUT2D eigenvalue weighted by Gasteiger charge is 2.70. The van der Waals surface area contributed by atoms with Crippen molar-refractivity contribution in [3.63, 3.8) is 0 Å². The van der Waals surface area contributed by atoms with Gasteiger partial charge in [0.2, 0.25) is 17.1 Å². The Balaban J connectivity index is 2.36. The zero-order valence-corrected chi connectivity index (χ0v) is 9.58. The summed E-state index contributed by atoms with van der Waals surface area (Å²) in [5.74, 6) is -1.77. The Bertz CT molecular complexity index is 646. The van der Waals surface area contributed by atoms with E-state index in [2.05, 4.69) is 4.99 Å². The lowest BCUT2D eigenvalue weighted by Crippen LogP contribution is -2.53. The van der Waals surface area contributed by atoms with Gasteiger partial charge in [0.05, 0.1) is 6.07 Å². The number of hydrogen-bond acceptors (Lipinski definition) is 5. The van der Waals surface area contributed by atoms with Gasteiger partial charge in [-0.15, -0.1) is 0 Å². The Morgan fingerprint density at radius 3 is 2.72 bits per heavy atom. The summed E-state index contributed by atoms with van der Waals surface area (Å²) in [6.07, 6.45) is 0. The van der Waals surface area contributed by atoms with Gasteiger partial charge in [0.15, 0.2) is 0 Å². The first kappa shape index (κ1) is 11.1. The summed E-state index contributed by atoms with van der Waals surface area (Å²) in [6, 6.07) is 8.21. The van der Waals surface area contributed by atoms with E-state index in [1.54, 1.807) is 18.2 Å². The molecule has 1 aromatic rings. The van der Waals surface area contributed by atoms with E-state index in [0.29, 0.717) is 0 Å². The van der Waals surface area contributed by atoms with Gasteiger partial charge in [-0.25, -0.2) is 0 Å².